The van der Waals surface area contributed by atoms with Crippen molar-refractivity contribution < 1.29 is 9.53 Å². The van der Waals surface area contributed by atoms with E-state index in [1.54, 1.807) is 20.1 Å². The fourth-order valence-electron chi connectivity index (χ4n) is 1.44. The maximum atomic E-state index is 11.8. The Balaban J connectivity index is 2.78. The molecular formula is C14H16O2. The van der Waals surface area contributed by atoms with Crippen LogP contribution in [0.2, 0.25) is 0 Å². The van der Waals surface area contributed by atoms with Gasteiger partial charge in [0.25, 0.3) is 0 Å². The molecule has 2 nitrogen and oxygen atoms in total. The SMILES string of the molecule is CC#CCCC(=O)c1ccc(C)c(OC)c1. The third kappa shape index (κ3) is 3.13. The number of benzene rings is 1. The molecule has 0 unspecified atom stereocenters. The van der Waals surface area contributed by atoms with Crippen LogP contribution >= 0.6 is 0 Å². The van der Waals surface area contributed by atoms with Crippen LogP contribution < -0.4 is 4.74 Å². The first-order chi connectivity index (χ1) is 7.69. The molecule has 1 rings (SSSR count). The van der Waals surface area contributed by atoms with E-state index in [0.717, 1.165) is 11.3 Å². The summed E-state index contributed by atoms with van der Waals surface area (Å²) in [6.45, 7) is 3.73. The van der Waals surface area contributed by atoms with Crippen molar-refractivity contribution in [1.29, 1.82) is 0 Å². The van der Waals surface area contributed by atoms with Gasteiger partial charge in [-0.05, 0) is 25.5 Å². The van der Waals surface area contributed by atoms with Gasteiger partial charge in [0.1, 0.15) is 5.75 Å². The number of hydrogen-bond acceptors (Lipinski definition) is 2. The molecule has 84 valence electrons. The maximum absolute atomic E-state index is 11.8. The zero-order valence-electron chi connectivity index (χ0n) is 9.96. The second-order valence-electron chi connectivity index (χ2n) is 3.53. The van der Waals surface area contributed by atoms with Gasteiger partial charge < -0.3 is 4.74 Å². The van der Waals surface area contributed by atoms with E-state index < -0.39 is 0 Å². The molecule has 0 amide bonds. The average Bonchev–Trinajstić information content (AvgIpc) is 2.30. The molecule has 0 aliphatic carbocycles. The number of aryl methyl sites for hydroxylation is 1. The minimum Gasteiger partial charge on any atom is -0.496 e. The lowest BCUT2D eigenvalue weighted by molar-refractivity contribution is 0.0984. The molecule has 2 heteroatoms. The van der Waals surface area contributed by atoms with Crippen molar-refractivity contribution in [3.05, 3.63) is 29.3 Å². The lowest BCUT2D eigenvalue weighted by atomic mass is 10.0. The summed E-state index contributed by atoms with van der Waals surface area (Å²) in [5.74, 6) is 6.54. The van der Waals surface area contributed by atoms with Gasteiger partial charge in [-0.2, -0.15) is 0 Å². The predicted molar refractivity (Wildman–Crippen MR) is 64.7 cm³/mol. The summed E-state index contributed by atoms with van der Waals surface area (Å²) in [5.41, 5.74) is 1.73. The van der Waals surface area contributed by atoms with Crippen molar-refractivity contribution >= 4 is 5.78 Å². The molecule has 0 saturated carbocycles. The molecular weight excluding hydrogens is 200 g/mol. The molecule has 0 aromatic heterocycles. The quantitative estimate of drug-likeness (QED) is 0.571. The minimum atomic E-state index is 0.112. The van der Waals surface area contributed by atoms with Crippen LogP contribution in [0.15, 0.2) is 18.2 Å². The first-order valence-electron chi connectivity index (χ1n) is 5.26. The van der Waals surface area contributed by atoms with E-state index in [1.807, 2.05) is 19.1 Å². The Kier molecular flexibility index (Phi) is 4.60. The Bertz CT molecular complexity index is 436. The van der Waals surface area contributed by atoms with Crippen molar-refractivity contribution in [2.24, 2.45) is 0 Å². The molecule has 0 atom stereocenters. The highest BCUT2D eigenvalue weighted by Crippen LogP contribution is 2.20. The molecule has 0 fully saturated rings. The molecule has 1 aromatic carbocycles. The number of carbonyl (C=O) groups excluding carboxylic acids is 1. The first kappa shape index (κ1) is 12.3. The van der Waals surface area contributed by atoms with Gasteiger partial charge >= 0.3 is 0 Å². The number of methoxy groups -OCH3 is 1. The van der Waals surface area contributed by atoms with Crippen LogP contribution in [0.25, 0.3) is 0 Å². The van der Waals surface area contributed by atoms with Crippen molar-refractivity contribution in [1.82, 2.24) is 0 Å². The number of Topliss-reactive ketones (excluding diaryl/α,β-unsaturated/α-hetero) is 1. The van der Waals surface area contributed by atoms with Crippen molar-refractivity contribution in [2.45, 2.75) is 26.7 Å². The summed E-state index contributed by atoms with van der Waals surface area (Å²) < 4.78 is 5.18. The third-order valence-corrected chi connectivity index (χ3v) is 2.38. The Hall–Kier alpha value is -1.75. The van der Waals surface area contributed by atoms with Crippen molar-refractivity contribution in [2.75, 3.05) is 7.11 Å². The molecule has 0 bridgehead atoms. The van der Waals surface area contributed by atoms with E-state index >= 15 is 0 Å². The Morgan fingerprint density at radius 2 is 2.19 bits per heavy atom. The van der Waals surface area contributed by atoms with Crippen LogP contribution in [-0.4, -0.2) is 12.9 Å². The molecule has 0 aliphatic heterocycles. The number of carbonyl (C=O) groups is 1. The standard InChI is InChI=1S/C14H16O2/c1-4-5-6-7-13(15)12-9-8-11(2)14(10-12)16-3/h8-10H,6-7H2,1-3H3. The lowest BCUT2D eigenvalue weighted by Crippen LogP contribution is -1.99. The molecule has 1 aromatic rings. The Labute approximate surface area is 96.6 Å². The highest BCUT2D eigenvalue weighted by molar-refractivity contribution is 5.96. The number of hydrogen-bond donors (Lipinski definition) is 0. The van der Waals surface area contributed by atoms with E-state index in [-0.39, 0.29) is 5.78 Å². The Morgan fingerprint density at radius 1 is 1.44 bits per heavy atom. The minimum absolute atomic E-state index is 0.112. The molecule has 0 saturated heterocycles. The van der Waals surface area contributed by atoms with Gasteiger partial charge in [-0.25, -0.2) is 0 Å². The zero-order chi connectivity index (χ0) is 12.0. The second kappa shape index (κ2) is 5.97. The summed E-state index contributed by atoms with van der Waals surface area (Å²) in [6.07, 6.45) is 1.08. The van der Waals surface area contributed by atoms with E-state index in [1.165, 1.54) is 0 Å². The summed E-state index contributed by atoms with van der Waals surface area (Å²) in [4.78, 5) is 11.8. The highest BCUT2D eigenvalue weighted by atomic mass is 16.5. The van der Waals surface area contributed by atoms with Gasteiger partial charge in [-0.15, -0.1) is 11.8 Å². The largest absolute Gasteiger partial charge is 0.496 e. The Morgan fingerprint density at radius 3 is 2.81 bits per heavy atom. The van der Waals surface area contributed by atoms with Crippen molar-refractivity contribution in [3.63, 3.8) is 0 Å². The second-order valence-corrected chi connectivity index (χ2v) is 3.53. The fourth-order valence-corrected chi connectivity index (χ4v) is 1.44. The van der Waals surface area contributed by atoms with Gasteiger partial charge in [0, 0.05) is 18.4 Å². The lowest BCUT2D eigenvalue weighted by Gasteiger charge is -2.06. The molecule has 0 spiro atoms. The highest BCUT2D eigenvalue weighted by Gasteiger charge is 2.07. The molecule has 0 heterocycles. The molecule has 16 heavy (non-hydrogen) atoms. The summed E-state index contributed by atoms with van der Waals surface area (Å²) in [6, 6.07) is 5.52. The van der Waals surface area contributed by atoms with Crippen LogP contribution in [0, 0.1) is 18.8 Å². The van der Waals surface area contributed by atoms with E-state index in [9.17, 15) is 4.79 Å². The summed E-state index contributed by atoms with van der Waals surface area (Å²) >= 11 is 0. The van der Waals surface area contributed by atoms with E-state index in [2.05, 4.69) is 11.8 Å². The van der Waals surface area contributed by atoms with Crippen LogP contribution in [0.5, 0.6) is 5.75 Å². The zero-order valence-corrected chi connectivity index (χ0v) is 9.96. The monoisotopic (exact) mass is 216 g/mol. The first-order valence-corrected chi connectivity index (χ1v) is 5.26. The predicted octanol–water partition coefficient (Wildman–Crippen LogP) is 2.99. The smallest absolute Gasteiger partial charge is 0.163 e. The topological polar surface area (TPSA) is 26.3 Å². The van der Waals surface area contributed by atoms with Crippen molar-refractivity contribution in [3.8, 4) is 17.6 Å². The van der Waals surface area contributed by atoms with Gasteiger partial charge in [-0.1, -0.05) is 12.1 Å². The summed E-state index contributed by atoms with van der Waals surface area (Å²) in [7, 11) is 1.61. The van der Waals surface area contributed by atoms with Crippen LogP contribution in [0.3, 0.4) is 0 Å². The fraction of sp³-hybridized carbons (Fsp3) is 0.357. The molecule has 0 radical (unpaired) electrons. The number of ketones is 1. The van der Waals surface area contributed by atoms with E-state index in [0.29, 0.717) is 18.4 Å². The average molecular weight is 216 g/mol. The van der Waals surface area contributed by atoms with Crippen LogP contribution in [0.4, 0.5) is 0 Å². The molecule has 0 aliphatic rings. The maximum Gasteiger partial charge on any atom is 0.163 e. The van der Waals surface area contributed by atoms with Gasteiger partial charge in [-0.3, -0.25) is 4.79 Å². The van der Waals surface area contributed by atoms with Gasteiger partial charge in [0.05, 0.1) is 7.11 Å². The van der Waals surface area contributed by atoms with E-state index in [4.69, 9.17) is 4.74 Å². The van der Waals surface area contributed by atoms with Gasteiger partial charge in [0.2, 0.25) is 0 Å². The molecule has 0 N–H and O–H groups in total. The number of rotatable bonds is 4. The van der Waals surface area contributed by atoms with Crippen LogP contribution in [0.1, 0.15) is 35.7 Å². The summed E-state index contributed by atoms with van der Waals surface area (Å²) in [5, 5.41) is 0. The van der Waals surface area contributed by atoms with Gasteiger partial charge in [0.15, 0.2) is 5.78 Å². The normalized spacial score (nSPS) is 9.19. The van der Waals surface area contributed by atoms with Crippen LogP contribution in [-0.2, 0) is 0 Å². The third-order valence-electron chi connectivity index (χ3n) is 2.38. The number of ether oxygens (including phenoxy) is 1.